The maximum Gasteiger partial charge on any atom is 0.417 e. The number of aromatic amines is 1. The van der Waals surface area contributed by atoms with Crippen LogP contribution in [-0.4, -0.2) is 18.1 Å². The highest BCUT2D eigenvalue weighted by Gasteiger charge is 2.17. The van der Waals surface area contributed by atoms with Gasteiger partial charge in [0.25, 0.3) is 0 Å². The van der Waals surface area contributed by atoms with E-state index in [0.717, 1.165) is 25.0 Å². The van der Waals surface area contributed by atoms with E-state index in [0.29, 0.717) is 11.5 Å². The maximum absolute atomic E-state index is 11.0. The number of fused-ring (bicyclic) bond motifs is 1. The third-order valence-electron chi connectivity index (χ3n) is 2.97. The highest BCUT2D eigenvalue weighted by Crippen LogP contribution is 2.24. The van der Waals surface area contributed by atoms with E-state index >= 15 is 0 Å². The molecule has 4 heteroatoms. The normalized spacial score (nSPS) is 21.2. The molecule has 4 nitrogen and oxygen atoms in total. The van der Waals surface area contributed by atoms with Crippen LogP contribution in [0.25, 0.3) is 11.1 Å². The topological polar surface area (TPSA) is 58.0 Å². The molecule has 1 fully saturated rings. The molecule has 0 amide bonds. The number of H-pyrrole nitrogens is 1. The molecule has 3 rings (SSSR count). The zero-order valence-corrected chi connectivity index (χ0v) is 8.25. The summed E-state index contributed by atoms with van der Waals surface area (Å²) in [6, 6.07) is 5.91. The second-order valence-corrected chi connectivity index (χ2v) is 3.96. The summed E-state index contributed by atoms with van der Waals surface area (Å²) < 4.78 is 4.96. The molecule has 1 aromatic carbocycles. The van der Waals surface area contributed by atoms with E-state index in [1.54, 1.807) is 0 Å². The van der Waals surface area contributed by atoms with Gasteiger partial charge >= 0.3 is 5.76 Å². The van der Waals surface area contributed by atoms with Crippen LogP contribution in [0.15, 0.2) is 27.4 Å². The van der Waals surface area contributed by atoms with Crippen molar-refractivity contribution in [1.29, 1.82) is 0 Å². The Labute approximate surface area is 86.3 Å². The first-order valence-electron chi connectivity index (χ1n) is 5.16. The van der Waals surface area contributed by atoms with Crippen molar-refractivity contribution in [3.05, 3.63) is 34.3 Å². The van der Waals surface area contributed by atoms with Gasteiger partial charge in [-0.2, -0.15) is 0 Å². The fourth-order valence-electron chi connectivity index (χ4n) is 2.16. The summed E-state index contributed by atoms with van der Waals surface area (Å²) in [5, 5.41) is 3.33. The van der Waals surface area contributed by atoms with Crippen LogP contribution in [0.4, 0.5) is 0 Å². The van der Waals surface area contributed by atoms with Crippen LogP contribution in [0, 0.1) is 0 Å². The van der Waals surface area contributed by atoms with Gasteiger partial charge in [0.05, 0.1) is 5.52 Å². The second kappa shape index (κ2) is 3.24. The molecule has 1 atom stereocenters. The van der Waals surface area contributed by atoms with Crippen LogP contribution in [0.1, 0.15) is 17.9 Å². The van der Waals surface area contributed by atoms with E-state index in [9.17, 15) is 4.79 Å². The van der Waals surface area contributed by atoms with Gasteiger partial charge in [0.1, 0.15) is 0 Å². The largest absolute Gasteiger partial charge is 0.417 e. The van der Waals surface area contributed by atoms with E-state index in [1.165, 1.54) is 5.56 Å². The van der Waals surface area contributed by atoms with Crippen molar-refractivity contribution >= 4 is 11.1 Å². The lowest BCUT2D eigenvalue weighted by Crippen LogP contribution is -2.07. The summed E-state index contributed by atoms with van der Waals surface area (Å²) in [4.78, 5) is 13.7. The van der Waals surface area contributed by atoms with Gasteiger partial charge < -0.3 is 9.73 Å². The van der Waals surface area contributed by atoms with Crippen molar-refractivity contribution in [2.75, 3.05) is 13.1 Å². The van der Waals surface area contributed by atoms with Crippen LogP contribution >= 0.6 is 0 Å². The third-order valence-corrected chi connectivity index (χ3v) is 2.97. The highest BCUT2D eigenvalue weighted by atomic mass is 16.4. The Morgan fingerprint density at radius 3 is 3.13 bits per heavy atom. The maximum atomic E-state index is 11.0. The Bertz CT molecular complexity index is 535. The zero-order chi connectivity index (χ0) is 10.3. The number of aromatic nitrogens is 1. The van der Waals surface area contributed by atoms with Gasteiger partial charge in [0, 0.05) is 6.54 Å². The molecule has 1 unspecified atom stereocenters. The van der Waals surface area contributed by atoms with Crippen LogP contribution < -0.4 is 11.1 Å². The van der Waals surface area contributed by atoms with Gasteiger partial charge in [-0.15, -0.1) is 0 Å². The molecule has 78 valence electrons. The second-order valence-electron chi connectivity index (χ2n) is 3.96. The van der Waals surface area contributed by atoms with Crippen molar-refractivity contribution in [2.24, 2.45) is 0 Å². The summed E-state index contributed by atoms with van der Waals surface area (Å²) in [5.41, 5.74) is 2.70. The fraction of sp³-hybridized carbons (Fsp3) is 0.364. The van der Waals surface area contributed by atoms with Gasteiger partial charge in [0.15, 0.2) is 5.58 Å². The summed E-state index contributed by atoms with van der Waals surface area (Å²) >= 11 is 0. The molecule has 1 aliphatic rings. The van der Waals surface area contributed by atoms with Gasteiger partial charge in [-0.25, -0.2) is 4.79 Å². The number of rotatable bonds is 1. The monoisotopic (exact) mass is 204 g/mol. The fourth-order valence-corrected chi connectivity index (χ4v) is 2.16. The van der Waals surface area contributed by atoms with E-state index in [1.807, 2.05) is 18.2 Å². The first-order valence-corrected chi connectivity index (χ1v) is 5.16. The number of hydrogen-bond acceptors (Lipinski definition) is 3. The van der Waals surface area contributed by atoms with Crippen molar-refractivity contribution in [1.82, 2.24) is 10.3 Å². The standard InChI is InChI=1S/C11H12N2O2/c14-11-13-9-5-7(1-2-10(9)15-11)8-3-4-12-6-8/h1-2,5,8,12H,3-4,6H2,(H,13,14). The molecule has 0 saturated carbocycles. The number of oxazole rings is 1. The van der Waals surface area contributed by atoms with E-state index in [-0.39, 0.29) is 5.76 Å². The number of hydrogen-bond donors (Lipinski definition) is 2. The van der Waals surface area contributed by atoms with Crippen molar-refractivity contribution in [3.8, 4) is 0 Å². The van der Waals surface area contributed by atoms with E-state index in [2.05, 4.69) is 10.3 Å². The number of nitrogens with one attached hydrogen (secondary N) is 2. The molecule has 2 N–H and O–H groups in total. The SMILES string of the molecule is O=c1[nH]c2cc(C3CCNC3)ccc2o1. The molecule has 15 heavy (non-hydrogen) atoms. The quantitative estimate of drug-likeness (QED) is 0.733. The molecule has 0 aliphatic carbocycles. The summed E-state index contributed by atoms with van der Waals surface area (Å²) in [7, 11) is 0. The Kier molecular flexibility index (Phi) is 1.89. The zero-order valence-electron chi connectivity index (χ0n) is 8.25. The molecule has 2 heterocycles. The minimum Gasteiger partial charge on any atom is -0.408 e. The lowest BCUT2D eigenvalue weighted by molar-refractivity contribution is 0.555. The van der Waals surface area contributed by atoms with Gasteiger partial charge in [-0.1, -0.05) is 6.07 Å². The summed E-state index contributed by atoms with van der Waals surface area (Å²) in [6.45, 7) is 2.10. The molecule has 1 aliphatic heterocycles. The van der Waals surface area contributed by atoms with Gasteiger partial charge in [-0.3, -0.25) is 4.98 Å². The van der Waals surface area contributed by atoms with E-state index in [4.69, 9.17) is 4.42 Å². The van der Waals surface area contributed by atoms with Crippen LogP contribution in [-0.2, 0) is 0 Å². The Morgan fingerprint density at radius 2 is 2.33 bits per heavy atom. The third kappa shape index (κ3) is 1.47. The minimum atomic E-state index is -0.383. The Balaban J connectivity index is 2.08. The predicted octanol–water partition coefficient (Wildman–Crippen LogP) is 1.20. The molecular weight excluding hydrogens is 192 g/mol. The van der Waals surface area contributed by atoms with Crippen LogP contribution in [0.2, 0.25) is 0 Å². The first-order chi connectivity index (χ1) is 7.33. The summed E-state index contributed by atoms with van der Waals surface area (Å²) in [5.74, 6) is 0.180. The molecule has 0 spiro atoms. The molecule has 1 saturated heterocycles. The molecule has 0 bridgehead atoms. The average molecular weight is 204 g/mol. The number of benzene rings is 1. The smallest absolute Gasteiger partial charge is 0.408 e. The molecular formula is C11H12N2O2. The van der Waals surface area contributed by atoms with Crippen LogP contribution in [0.5, 0.6) is 0 Å². The van der Waals surface area contributed by atoms with E-state index < -0.39 is 0 Å². The van der Waals surface area contributed by atoms with Crippen molar-refractivity contribution in [2.45, 2.75) is 12.3 Å². The van der Waals surface area contributed by atoms with Crippen molar-refractivity contribution < 1.29 is 4.42 Å². The molecule has 2 aromatic rings. The first kappa shape index (κ1) is 8.73. The minimum absolute atomic E-state index is 0.383. The average Bonchev–Trinajstić information content (AvgIpc) is 2.82. The van der Waals surface area contributed by atoms with Crippen molar-refractivity contribution in [3.63, 3.8) is 0 Å². The molecule has 1 aromatic heterocycles. The Morgan fingerprint density at radius 1 is 1.40 bits per heavy atom. The van der Waals surface area contributed by atoms with Gasteiger partial charge in [0.2, 0.25) is 0 Å². The van der Waals surface area contributed by atoms with Crippen LogP contribution in [0.3, 0.4) is 0 Å². The molecule has 0 radical (unpaired) electrons. The highest BCUT2D eigenvalue weighted by molar-refractivity contribution is 5.73. The lowest BCUT2D eigenvalue weighted by atomic mass is 9.98. The lowest BCUT2D eigenvalue weighted by Gasteiger charge is -2.07. The summed E-state index contributed by atoms with van der Waals surface area (Å²) in [6.07, 6.45) is 1.16. The van der Waals surface area contributed by atoms with Gasteiger partial charge in [-0.05, 0) is 36.6 Å². The Hall–Kier alpha value is -1.55. The predicted molar refractivity (Wildman–Crippen MR) is 57.1 cm³/mol.